The molecule has 0 radical (unpaired) electrons. The molecule has 41 heteroatoms. The minimum atomic E-state index is -4.49. The van der Waals surface area contributed by atoms with Gasteiger partial charge in [-0.1, -0.05) is 58.3 Å². The number of hydrogen-bond acceptors (Lipinski definition) is 27. The third-order valence-electron chi connectivity index (χ3n) is 13.3. The maximum Gasteiger partial charge on any atom is 0.474 e. The number of aliphatic hydroxyl groups excluding tert-OH is 1. The lowest BCUT2D eigenvalue weighted by molar-refractivity contribution is -0.126. The minimum absolute atomic E-state index is 0.00219. The van der Waals surface area contributed by atoms with Crippen molar-refractivity contribution < 1.29 is 102 Å². The molecule has 4 atom stereocenters. The molecule has 0 bridgehead atoms. The normalized spacial score (nSPS) is 14.0. The Kier molecular flexibility index (Phi) is 49.2. The number of anilines is 2. The number of carbonyl (C=O) groups is 4. The number of carbonyl (C=O) groups excluding carboxylic acids is 4. The smallest absolute Gasteiger partial charge is 0.394 e. The van der Waals surface area contributed by atoms with Crippen LogP contribution in [0.3, 0.4) is 0 Å². The first-order chi connectivity index (χ1) is 47.0. The van der Waals surface area contributed by atoms with Crippen LogP contribution < -0.4 is 54.0 Å². The van der Waals surface area contributed by atoms with Crippen LogP contribution in [0, 0.1) is 10.8 Å². The Morgan fingerprint density at radius 2 is 0.867 bits per heavy atom. The van der Waals surface area contributed by atoms with E-state index in [1.54, 1.807) is 24.9 Å². The van der Waals surface area contributed by atoms with Crippen molar-refractivity contribution in [3.05, 3.63) is 30.0 Å². The zero-order valence-corrected chi connectivity index (χ0v) is 61.2. The van der Waals surface area contributed by atoms with E-state index in [2.05, 4.69) is 47.5 Å². The van der Waals surface area contributed by atoms with Gasteiger partial charge in [0.25, 0.3) is 11.8 Å². The first-order valence-corrected chi connectivity index (χ1v) is 39.0. The molecule has 37 nitrogen and oxygen atoms in total. The lowest BCUT2D eigenvalue weighted by Gasteiger charge is -2.22. The average Bonchev–Trinajstić information content (AvgIpc) is 1.68. The molecule has 4 unspecified atom stereocenters. The summed E-state index contributed by atoms with van der Waals surface area (Å²) in [4.78, 5) is 55.2. The van der Waals surface area contributed by atoms with Crippen LogP contribution >= 0.6 is 31.3 Å². The number of amides is 4. The van der Waals surface area contributed by atoms with Crippen LogP contribution in [0.2, 0.25) is 0 Å². The molecule has 2 rings (SSSR count). The molecular weight excluding hydrogens is 1370 g/mol. The summed E-state index contributed by atoms with van der Waals surface area (Å²) >= 11 is 0. The molecule has 2 heterocycles. The van der Waals surface area contributed by atoms with Crippen molar-refractivity contribution >= 4 is 78.3 Å². The standard InChI is InChI=1S/C57H111N15O22P4/c1-6-24-65-54(76)49-44-48(45-71(49)4)68-55(77)53-70-50(46-72(53)5)69-51(74)23-29-64-52(75)47-82-36-37-88-96(79,84-32-19-11-7-15-25-62-2)90-40-41-92-98(81,86-34-22-14-10-18-28-67-57(60)61)94-43-42-93-97(80,85-33-20-12-8-16-26-63-3)91-39-38-89-95(78,87-35-30-73)83-31-21-13-9-17-27-66-56(58)59/h44-46,62-63,73H,6-43,47H2,1-5H3,(H,64,75)(H,65,76)(H,68,77)(H,69,74)(H4,58,59,66)(H4,60,61,67). The highest BCUT2D eigenvalue weighted by atomic mass is 31.2. The molecule has 98 heavy (non-hydrogen) atoms. The van der Waals surface area contributed by atoms with Crippen molar-refractivity contribution in [2.45, 2.75) is 122 Å². The number of ether oxygens (including phenoxy) is 1. The SMILES string of the molecule is CCCNC(=O)c1cc(NC(=O)c2nc(NC(=O)CCNC(=O)COCCOP(=O)(OCCCCCCNC)OCCOP(=O)(OCCCCCCNC(=N)N)OCCOP(=O)(OCCCCCCNC)OCCOP(=O)(OCCO)OCCCCCCNC(=N)N)cn2C)cn1C. The number of aliphatic hydroxyl groups is 1. The number of phosphoric acid groups is 4. The molecule has 15 N–H and O–H groups in total. The summed E-state index contributed by atoms with van der Waals surface area (Å²) in [5.74, 6) is -2.15. The molecule has 0 aliphatic carbocycles. The first-order valence-electron chi connectivity index (χ1n) is 33.2. The van der Waals surface area contributed by atoms with E-state index >= 15 is 0 Å². The lowest BCUT2D eigenvalue weighted by atomic mass is 10.2. The first kappa shape index (κ1) is 89.3. The van der Waals surface area contributed by atoms with E-state index in [4.69, 9.17) is 81.3 Å². The molecule has 0 aliphatic rings. The van der Waals surface area contributed by atoms with E-state index in [-0.39, 0.29) is 88.7 Å². The predicted molar refractivity (Wildman–Crippen MR) is 367 cm³/mol. The highest BCUT2D eigenvalue weighted by molar-refractivity contribution is 7.49. The Bertz CT molecular complexity index is 2770. The van der Waals surface area contributed by atoms with E-state index in [1.165, 1.54) is 16.8 Å². The average molecular weight is 1480 g/mol. The van der Waals surface area contributed by atoms with Crippen LogP contribution in [0.1, 0.15) is 144 Å². The van der Waals surface area contributed by atoms with E-state index in [0.29, 0.717) is 82.4 Å². The number of nitrogens with one attached hydrogen (secondary N) is 10. The van der Waals surface area contributed by atoms with Crippen LogP contribution in [-0.2, 0) is 101 Å². The van der Waals surface area contributed by atoms with Crippen molar-refractivity contribution in [1.29, 1.82) is 10.8 Å². The molecule has 0 aromatic carbocycles. The summed E-state index contributed by atoms with van der Waals surface area (Å²) in [7, 11) is -10.5. The minimum Gasteiger partial charge on any atom is -0.394 e. The Hall–Kier alpha value is -4.81. The molecule has 2 aromatic rings. The highest BCUT2D eigenvalue weighted by Crippen LogP contribution is 2.54. The van der Waals surface area contributed by atoms with Crippen molar-refractivity contribution in [3.8, 4) is 0 Å². The van der Waals surface area contributed by atoms with E-state index in [1.807, 2.05) is 21.0 Å². The fourth-order valence-corrected chi connectivity index (χ4v) is 13.1. The molecular formula is C57H111N15O22P4. The third kappa shape index (κ3) is 43.8. The van der Waals surface area contributed by atoms with Gasteiger partial charge in [0.1, 0.15) is 12.3 Å². The maximum atomic E-state index is 14.2. The van der Waals surface area contributed by atoms with Gasteiger partial charge in [0.15, 0.2) is 17.7 Å². The van der Waals surface area contributed by atoms with Crippen molar-refractivity contribution in [2.24, 2.45) is 25.6 Å². The topological polar surface area (TPSA) is 496 Å². The number of aryl methyl sites for hydroxylation is 2. The van der Waals surface area contributed by atoms with Crippen LogP contribution in [0.5, 0.6) is 0 Å². The second-order valence-corrected chi connectivity index (χ2v) is 28.4. The Morgan fingerprint density at radius 1 is 0.469 bits per heavy atom. The number of phosphoric ester groups is 4. The fraction of sp³-hybridized carbons (Fsp3) is 0.772. The molecule has 4 amide bonds. The lowest BCUT2D eigenvalue weighted by Crippen LogP contribution is -2.31. The van der Waals surface area contributed by atoms with E-state index < -0.39 is 102 Å². The van der Waals surface area contributed by atoms with Gasteiger partial charge in [-0.05, 0) is 91.0 Å². The molecule has 0 saturated heterocycles. The van der Waals surface area contributed by atoms with Gasteiger partial charge >= 0.3 is 31.3 Å². The second kappa shape index (κ2) is 54.0. The van der Waals surface area contributed by atoms with Gasteiger partial charge in [0, 0.05) is 59.1 Å². The number of nitrogens with two attached hydrogens (primary N) is 2. The number of nitrogens with zero attached hydrogens (tertiary/aromatic N) is 3. The summed E-state index contributed by atoms with van der Waals surface area (Å²) in [6.45, 7) is -0.134. The Balaban J connectivity index is 2.04. The van der Waals surface area contributed by atoms with Gasteiger partial charge < -0.3 is 73.0 Å². The van der Waals surface area contributed by atoms with Gasteiger partial charge in [0.2, 0.25) is 17.6 Å². The molecule has 2 aromatic heterocycles. The monoisotopic (exact) mass is 1480 g/mol. The highest BCUT2D eigenvalue weighted by Gasteiger charge is 2.33. The Morgan fingerprint density at radius 3 is 1.28 bits per heavy atom. The van der Waals surface area contributed by atoms with Crippen molar-refractivity contribution in [1.82, 2.24) is 46.0 Å². The van der Waals surface area contributed by atoms with Crippen LogP contribution in [0.25, 0.3) is 0 Å². The summed E-state index contributed by atoms with van der Waals surface area (Å²) in [5, 5.41) is 46.2. The zero-order chi connectivity index (χ0) is 72.2. The predicted octanol–water partition coefficient (Wildman–Crippen LogP) is 5.88. The van der Waals surface area contributed by atoms with Gasteiger partial charge in [-0.2, -0.15) is 0 Å². The van der Waals surface area contributed by atoms with Gasteiger partial charge in [-0.3, -0.25) is 84.3 Å². The van der Waals surface area contributed by atoms with Gasteiger partial charge in [-0.15, -0.1) is 0 Å². The summed E-state index contributed by atoms with van der Waals surface area (Å²) in [5.41, 5.74) is 11.4. The number of rotatable bonds is 65. The van der Waals surface area contributed by atoms with E-state index in [9.17, 15) is 42.5 Å². The number of guanidine groups is 2. The van der Waals surface area contributed by atoms with Gasteiger partial charge in [0.05, 0.1) is 98.2 Å². The van der Waals surface area contributed by atoms with Crippen LogP contribution in [-0.4, -0.2) is 207 Å². The molecule has 0 fully saturated rings. The zero-order valence-electron chi connectivity index (χ0n) is 57.6. The molecule has 0 saturated carbocycles. The quantitative estimate of drug-likeness (QED) is 0.0159. The van der Waals surface area contributed by atoms with Gasteiger partial charge in [-0.25, -0.2) is 23.2 Å². The van der Waals surface area contributed by atoms with E-state index in [0.717, 1.165) is 70.9 Å². The van der Waals surface area contributed by atoms with Crippen LogP contribution in [0.15, 0.2) is 18.5 Å². The fourth-order valence-electron chi connectivity index (χ4n) is 8.38. The number of unbranched alkanes of at least 4 members (excludes halogenated alkanes) is 12. The number of hydrogen-bond donors (Lipinski definition) is 13. The summed E-state index contributed by atoms with van der Waals surface area (Å²) in [6, 6.07) is 1.54. The third-order valence-corrected chi connectivity index (χ3v) is 19.2. The molecule has 566 valence electrons. The Labute approximate surface area is 575 Å². The second-order valence-electron chi connectivity index (χ2n) is 21.8. The number of aromatic nitrogens is 3. The molecule has 0 spiro atoms. The number of imidazole rings is 1. The largest absolute Gasteiger partial charge is 0.474 e. The summed E-state index contributed by atoms with van der Waals surface area (Å²) < 4.78 is 131. The van der Waals surface area contributed by atoms with Crippen LogP contribution in [0.4, 0.5) is 11.5 Å². The maximum absolute atomic E-state index is 14.2. The van der Waals surface area contributed by atoms with Crippen molar-refractivity contribution in [3.63, 3.8) is 0 Å². The molecule has 0 aliphatic heterocycles. The van der Waals surface area contributed by atoms with Crippen molar-refractivity contribution in [2.75, 3.05) is 163 Å². The summed E-state index contributed by atoms with van der Waals surface area (Å²) in [6.07, 6.45) is 14.8.